The lowest BCUT2D eigenvalue weighted by Gasteiger charge is -2.28. The van der Waals surface area contributed by atoms with E-state index in [2.05, 4.69) is 15.3 Å². The maximum absolute atomic E-state index is 14.9. The van der Waals surface area contributed by atoms with Gasteiger partial charge in [0.05, 0.1) is 24.8 Å². The molecular formula is C28H24FN5O5. The van der Waals surface area contributed by atoms with Crippen LogP contribution in [-0.2, 0) is 21.5 Å². The zero-order valence-electron chi connectivity index (χ0n) is 21.4. The van der Waals surface area contributed by atoms with E-state index in [4.69, 9.17) is 9.15 Å². The van der Waals surface area contributed by atoms with Crippen molar-refractivity contribution in [1.82, 2.24) is 20.2 Å². The fourth-order valence-corrected chi connectivity index (χ4v) is 5.18. The zero-order chi connectivity index (χ0) is 27.5. The normalized spacial score (nSPS) is 18.6. The number of hydrogen-bond donors (Lipinski definition) is 1. The molecule has 198 valence electrons. The summed E-state index contributed by atoms with van der Waals surface area (Å²) in [7, 11) is 5.13. The van der Waals surface area contributed by atoms with Gasteiger partial charge >= 0.3 is 0 Å². The highest BCUT2D eigenvalue weighted by molar-refractivity contribution is 6.10. The smallest absolute Gasteiger partial charge is 0.257 e. The number of anilines is 1. The quantitative estimate of drug-likeness (QED) is 0.379. The lowest BCUT2D eigenvalue weighted by molar-refractivity contribution is -0.127. The van der Waals surface area contributed by atoms with Gasteiger partial charge in [0, 0.05) is 45.0 Å². The molecule has 3 amide bonds. The first-order chi connectivity index (χ1) is 18.7. The molecule has 0 aliphatic carbocycles. The molecule has 10 nitrogen and oxygen atoms in total. The number of rotatable bonds is 6. The van der Waals surface area contributed by atoms with Crippen LogP contribution in [0.5, 0.6) is 5.75 Å². The number of halogens is 1. The molecule has 39 heavy (non-hydrogen) atoms. The van der Waals surface area contributed by atoms with Crippen LogP contribution in [0.2, 0.25) is 0 Å². The third-order valence-corrected chi connectivity index (χ3v) is 7.23. The largest absolute Gasteiger partial charge is 0.494 e. The first kappa shape index (κ1) is 24.5. The van der Waals surface area contributed by atoms with Gasteiger partial charge in [-0.25, -0.2) is 14.4 Å². The first-order valence-corrected chi connectivity index (χ1v) is 12.2. The summed E-state index contributed by atoms with van der Waals surface area (Å²) in [6.45, 7) is -0.0979. The Bertz CT molecular complexity index is 1670. The third-order valence-electron chi connectivity index (χ3n) is 7.23. The third kappa shape index (κ3) is 3.89. The molecule has 6 rings (SSSR count). The van der Waals surface area contributed by atoms with Crippen molar-refractivity contribution in [3.8, 4) is 17.0 Å². The molecule has 2 aliphatic heterocycles. The molecule has 0 unspecified atom stereocenters. The molecule has 3 aromatic heterocycles. The Kier molecular flexibility index (Phi) is 5.60. The molecule has 0 spiro atoms. The molecular weight excluding hydrogens is 505 g/mol. The number of ether oxygens (including phenoxy) is 1. The number of nitrogens with one attached hydrogen (secondary N) is 1. The minimum absolute atomic E-state index is 0.0434. The van der Waals surface area contributed by atoms with Gasteiger partial charge in [0.25, 0.3) is 5.91 Å². The second-order valence-corrected chi connectivity index (χ2v) is 9.90. The number of hydrogen-bond acceptors (Lipinski definition) is 8. The lowest BCUT2D eigenvalue weighted by Crippen LogP contribution is -2.46. The van der Waals surface area contributed by atoms with E-state index in [9.17, 15) is 18.8 Å². The summed E-state index contributed by atoms with van der Waals surface area (Å²) in [5, 5.41) is 2.34. The Morgan fingerprint density at radius 2 is 1.97 bits per heavy atom. The number of furan rings is 1. The van der Waals surface area contributed by atoms with E-state index in [1.807, 2.05) is 31.1 Å². The molecule has 1 aromatic carbocycles. The van der Waals surface area contributed by atoms with Crippen LogP contribution in [0, 0.1) is 5.82 Å². The van der Waals surface area contributed by atoms with E-state index in [1.54, 1.807) is 30.5 Å². The van der Waals surface area contributed by atoms with Crippen molar-refractivity contribution in [3.63, 3.8) is 0 Å². The summed E-state index contributed by atoms with van der Waals surface area (Å²) in [6, 6.07) is 12.0. The van der Waals surface area contributed by atoms with Crippen LogP contribution in [-0.4, -0.2) is 60.3 Å². The summed E-state index contributed by atoms with van der Waals surface area (Å²) in [6.07, 6.45) is 1.50. The van der Waals surface area contributed by atoms with Gasteiger partial charge in [0.1, 0.15) is 22.5 Å². The number of imide groups is 1. The van der Waals surface area contributed by atoms with Crippen LogP contribution < -0.4 is 15.0 Å². The van der Waals surface area contributed by atoms with Gasteiger partial charge in [0.15, 0.2) is 17.1 Å². The van der Waals surface area contributed by atoms with Crippen LogP contribution in [0.1, 0.15) is 28.1 Å². The predicted octanol–water partition coefficient (Wildman–Crippen LogP) is 3.04. The monoisotopic (exact) mass is 529 g/mol. The minimum Gasteiger partial charge on any atom is -0.494 e. The zero-order valence-corrected chi connectivity index (χ0v) is 21.4. The Labute approximate surface area is 222 Å². The Morgan fingerprint density at radius 3 is 2.64 bits per heavy atom. The van der Waals surface area contributed by atoms with Gasteiger partial charge in [-0.05, 0) is 35.9 Å². The van der Waals surface area contributed by atoms with Gasteiger partial charge in [0.2, 0.25) is 11.8 Å². The standard InChI is InChI=1S/C28H24FN5O5/c1-33(2)22-9-5-15(12-30-22)17-6-8-19-18(31-17)10-21(39-19)28(11-23(35)32-27(28)37)14-34-13-16-4-7-20(38-3)25(29)24(16)26(34)36/h4-10,12H,11,13-14H2,1-3H3,(H,32,35,37)/t28-/m1/s1. The average Bonchev–Trinajstić information content (AvgIpc) is 3.57. The number of fused-ring (bicyclic) bond motifs is 2. The fourth-order valence-electron chi connectivity index (χ4n) is 5.18. The highest BCUT2D eigenvalue weighted by Crippen LogP contribution is 2.40. The molecule has 1 saturated heterocycles. The summed E-state index contributed by atoms with van der Waals surface area (Å²) in [5.41, 5.74) is 1.24. The second-order valence-electron chi connectivity index (χ2n) is 9.90. The second kappa shape index (κ2) is 8.90. The number of pyridine rings is 2. The Balaban J connectivity index is 1.36. The minimum atomic E-state index is -1.49. The van der Waals surface area contributed by atoms with E-state index in [0.29, 0.717) is 22.4 Å². The molecule has 1 atom stereocenters. The van der Waals surface area contributed by atoms with Crippen molar-refractivity contribution in [2.24, 2.45) is 0 Å². The van der Waals surface area contributed by atoms with Gasteiger partial charge < -0.3 is 19.0 Å². The number of methoxy groups -OCH3 is 1. The van der Waals surface area contributed by atoms with Gasteiger partial charge in [-0.15, -0.1) is 0 Å². The molecule has 5 heterocycles. The number of benzene rings is 1. The number of carbonyl (C=O) groups is 3. The summed E-state index contributed by atoms with van der Waals surface area (Å²) in [4.78, 5) is 51.2. The van der Waals surface area contributed by atoms with E-state index in [1.165, 1.54) is 18.1 Å². The van der Waals surface area contributed by atoms with Crippen molar-refractivity contribution < 1.29 is 27.9 Å². The van der Waals surface area contributed by atoms with Crippen molar-refractivity contribution in [1.29, 1.82) is 0 Å². The van der Waals surface area contributed by atoms with Crippen LogP contribution in [0.4, 0.5) is 10.2 Å². The molecule has 1 N–H and O–H groups in total. The summed E-state index contributed by atoms with van der Waals surface area (Å²) in [5.74, 6) is -1.45. The highest BCUT2D eigenvalue weighted by Gasteiger charge is 2.53. The molecule has 4 aromatic rings. The molecule has 0 saturated carbocycles. The van der Waals surface area contributed by atoms with Crippen LogP contribution in [0.3, 0.4) is 0 Å². The van der Waals surface area contributed by atoms with Gasteiger partial charge in [-0.2, -0.15) is 0 Å². The van der Waals surface area contributed by atoms with E-state index in [0.717, 1.165) is 11.4 Å². The van der Waals surface area contributed by atoms with Gasteiger partial charge in [-0.3, -0.25) is 19.7 Å². The topological polar surface area (TPSA) is 118 Å². The fraction of sp³-hybridized carbons (Fsp3) is 0.250. The molecule has 2 aliphatic rings. The number of nitrogens with zero attached hydrogens (tertiary/aromatic N) is 4. The number of aromatic nitrogens is 2. The molecule has 0 bridgehead atoms. The predicted molar refractivity (Wildman–Crippen MR) is 139 cm³/mol. The highest BCUT2D eigenvalue weighted by atomic mass is 19.1. The Morgan fingerprint density at radius 1 is 1.15 bits per heavy atom. The SMILES string of the molecule is COc1ccc2c(c1F)C(=O)N(C[C@@]1(c3cc4nc(-c5ccc(N(C)C)nc5)ccc4o3)CC(=O)NC1=O)C2. The van der Waals surface area contributed by atoms with Gasteiger partial charge in [-0.1, -0.05) is 6.07 Å². The van der Waals surface area contributed by atoms with E-state index in [-0.39, 0.29) is 36.6 Å². The lowest BCUT2D eigenvalue weighted by atomic mass is 9.82. The summed E-state index contributed by atoms with van der Waals surface area (Å²) >= 11 is 0. The van der Waals surface area contributed by atoms with E-state index >= 15 is 0 Å². The molecule has 1 fully saturated rings. The maximum Gasteiger partial charge on any atom is 0.257 e. The van der Waals surface area contributed by atoms with Crippen molar-refractivity contribution in [3.05, 3.63) is 71.4 Å². The van der Waals surface area contributed by atoms with Crippen LogP contribution >= 0.6 is 0 Å². The summed E-state index contributed by atoms with van der Waals surface area (Å²) < 4.78 is 26.0. The number of carbonyl (C=O) groups excluding carboxylic acids is 3. The van der Waals surface area contributed by atoms with E-state index < -0.39 is 29.0 Å². The van der Waals surface area contributed by atoms with Crippen LogP contribution in [0.15, 0.2) is 53.1 Å². The first-order valence-electron chi connectivity index (χ1n) is 12.2. The van der Waals surface area contributed by atoms with Crippen LogP contribution in [0.25, 0.3) is 22.4 Å². The average molecular weight is 530 g/mol. The van der Waals surface area contributed by atoms with Crippen molar-refractivity contribution in [2.75, 3.05) is 32.6 Å². The maximum atomic E-state index is 14.9. The number of amides is 3. The molecule has 0 radical (unpaired) electrons. The van der Waals surface area contributed by atoms with Crippen molar-refractivity contribution >= 4 is 34.6 Å². The van der Waals surface area contributed by atoms with Crippen molar-refractivity contribution in [2.45, 2.75) is 18.4 Å². The Hall–Kier alpha value is -4.80. The molecule has 11 heteroatoms.